The number of rotatable bonds is 3. The average molecular weight is 279 g/mol. The summed E-state index contributed by atoms with van der Waals surface area (Å²) in [5, 5.41) is 11.2. The van der Waals surface area contributed by atoms with Gasteiger partial charge in [-0.2, -0.15) is 0 Å². The molecular weight excluding hydrogens is 260 g/mol. The molecule has 19 heavy (non-hydrogen) atoms. The minimum atomic E-state index is -0.506. The van der Waals surface area contributed by atoms with Crippen LogP contribution in [-0.2, 0) is 0 Å². The van der Waals surface area contributed by atoms with Crippen molar-refractivity contribution in [3.8, 4) is 0 Å². The van der Waals surface area contributed by atoms with Gasteiger partial charge in [0.15, 0.2) is 0 Å². The quantitative estimate of drug-likeness (QED) is 0.922. The van der Waals surface area contributed by atoms with Crippen LogP contribution in [0.4, 0.5) is 0 Å². The second-order valence-corrected chi connectivity index (χ2v) is 5.92. The van der Waals surface area contributed by atoms with Gasteiger partial charge in [-0.25, -0.2) is 4.98 Å². The molecule has 0 aromatic carbocycles. The zero-order chi connectivity index (χ0) is 13.2. The minimum Gasteiger partial charge on any atom is -0.387 e. The van der Waals surface area contributed by atoms with Crippen molar-refractivity contribution in [1.29, 1.82) is 0 Å². The van der Waals surface area contributed by atoms with E-state index in [1.54, 1.807) is 12.5 Å². The molecule has 102 valence electrons. The highest BCUT2D eigenvalue weighted by atomic mass is 35.5. The highest BCUT2D eigenvalue weighted by Crippen LogP contribution is 2.34. The first-order valence-corrected chi connectivity index (χ1v) is 7.42. The van der Waals surface area contributed by atoms with E-state index in [4.69, 9.17) is 11.6 Å². The molecule has 1 aliphatic carbocycles. The first kappa shape index (κ1) is 12.9. The first-order chi connectivity index (χ1) is 9.25. The van der Waals surface area contributed by atoms with Crippen molar-refractivity contribution in [3.05, 3.63) is 35.4 Å². The molecule has 3 rings (SSSR count). The van der Waals surface area contributed by atoms with E-state index in [0.717, 1.165) is 17.6 Å². The van der Waals surface area contributed by atoms with E-state index in [9.17, 15) is 5.11 Å². The molecule has 1 saturated carbocycles. The Hall–Kier alpha value is -1.06. The van der Waals surface area contributed by atoms with Gasteiger partial charge >= 0.3 is 0 Å². The topological polar surface area (TPSA) is 37.5 Å². The van der Waals surface area contributed by atoms with Crippen molar-refractivity contribution in [1.82, 2.24) is 9.38 Å². The summed E-state index contributed by atoms with van der Waals surface area (Å²) in [5.41, 5.74) is 1.75. The van der Waals surface area contributed by atoms with Gasteiger partial charge in [0, 0.05) is 0 Å². The number of aromatic nitrogens is 2. The average Bonchev–Trinajstić information content (AvgIpc) is 2.87. The summed E-state index contributed by atoms with van der Waals surface area (Å²) in [7, 11) is 0. The fraction of sp³-hybridized carbons (Fsp3) is 0.533. The third-order valence-electron chi connectivity index (χ3n) is 4.17. The van der Waals surface area contributed by atoms with E-state index in [0.29, 0.717) is 10.9 Å². The Labute approximate surface area is 118 Å². The fourth-order valence-corrected chi connectivity index (χ4v) is 3.44. The monoisotopic (exact) mass is 278 g/mol. The van der Waals surface area contributed by atoms with Gasteiger partial charge in [0.05, 0.1) is 34.9 Å². The maximum absolute atomic E-state index is 10.5. The lowest BCUT2D eigenvalue weighted by Gasteiger charge is -2.25. The number of hydrogen-bond acceptors (Lipinski definition) is 2. The van der Waals surface area contributed by atoms with Crippen molar-refractivity contribution in [3.63, 3.8) is 0 Å². The normalized spacial score (nSPS) is 18.8. The molecule has 1 fully saturated rings. The number of halogens is 1. The van der Waals surface area contributed by atoms with E-state index < -0.39 is 6.10 Å². The maximum atomic E-state index is 10.5. The molecule has 0 radical (unpaired) electrons. The number of aliphatic hydroxyl groups excluding tert-OH is 1. The largest absolute Gasteiger partial charge is 0.387 e. The Bertz CT molecular complexity index is 560. The number of aliphatic hydroxyl groups is 1. The third-order valence-corrected chi connectivity index (χ3v) is 4.49. The van der Waals surface area contributed by atoms with Gasteiger partial charge in [0.2, 0.25) is 0 Å². The lowest BCUT2D eigenvalue weighted by molar-refractivity contribution is 0.126. The van der Waals surface area contributed by atoms with E-state index in [1.807, 2.05) is 16.5 Å². The molecule has 0 aliphatic heterocycles. The summed E-state index contributed by atoms with van der Waals surface area (Å²) in [4.78, 5) is 4.13. The zero-order valence-electron chi connectivity index (χ0n) is 10.9. The Kier molecular flexibility index (Phi) is 3.76. The lowest BCUT2D eigenvalue weighted by atomic mass is 9.85. The predicted octanol–water partition coefficient (Wildman–Crippen LogP) is 3.99. The van der Waals surface area contributed by atoms with E-state index in [1.165, 1.54) is 32.1 Å². The molecule has 1 unspecified atom stereocenters. The van der Waals surface area contributed by atoms with E-state index >= 15 is 0 Å². The molecule has 2 aromatic heterocycles. The Morgan fingerprint density at radius 2 is 2.11 bits per heavy atom. The SMILES string of the molecule is OC(CC1CCCCC1)c1c(Cl)ccc2cncn12. The molecule has 1 atom stereocenters. The van der Waals surface area contributed by atoms with Crippen LogP contribution in [0.25, 0.3) is 5.52 Å². The smallest absolute Gasteiger partial charge is 0.0995 e. The van der Waals surface area contributed by atoms with Crippen LogP contribution < -0.4 is 0 Å². The fourth-order valence-electron chi connectivity index (χ4n) is 3.16. The van der Waals surface area contributed by atoms with Crippen molar-refractivity contribution in [2.75, 3.05) is 0 Å². The third kappa shape index (κ3) is 2.63. The summed E-state index contributed by atoms with van der Waals surface area (Å²) in [6.45, 7) is 0. The summed E-state index contributed by atoms with van der Waals surface area (Å²) in [6.07, 6.45) is 10.2. The molecule has 0 amide bonds. The van der Waals surface area contributed by atoms with Gasteiger partial charge in [-0.05, 0) is 24.5 Å². The second-order valence-electron chi connectivity index (χ2n) is 5.51. The molecule has 2 heterocycles. The van der Waals surface area contributed by atoms with Gasteiger partial charge in [-0.1, -0.05) is 43.7 Å². The molecule has 2 aromatic rings. The van der Waals surface area contributed by atoms with Crippen LogP contribution in [-0.4, -0.2) is 14.5 Å². The van der Waals surface area contributed by atoms with Crippen LogP contribution in [0.5, 0.6) is 0 Å². The van der Waals surface area contributed by atoms with Gasteiger partial charge in [0.1, 0.15) is 0 Å². The first-order valence-electron chi connectivity index (χ1n) is 7.04. The van der Waals surface area contributed by atoms with Crippen LogP contribution in [0.3, 0.4) is 0 Å². The summed E-state index contributed by atoms with van der Waals surface area (Å²) in [6, 6.07) is 3.77. The number of hydrogen-bond donors (Lipinski definition) is 1. The van der Waals surface area contributed by atoms with Crippen LogP contribution in [0, 0.1) is 5.92 Å². The van der Waals surface area contributed by atoms with Crippen LogP contribution >= 0.6 is 11.6 Å². The van der Waals surface area contributed by atoms with Crippen molar-refractivity contribution in [2.45, 2.75) is 44.6 Å². The molecule has 1 N–H and O–H groups in total. The van der Waals surface area contributed by atoms with Gasteiger partial charge in [-0.15, -0.1) is 0 Å². The Morgan fingerprint density at radius 3 is 2.89 bits per heavy atom. The van der Waals surface area contributed by atoms with Gasteiger partial charge in [-0.3, -0.25) is 4.40 Å². The Morgan fingerprint density at radius 1 is 1.32 bits per heavy atom. The molecular formula is C15H19ClN2O. The number of nitrogens with zero attached hydrogens (tertiary/aromatic N) is 2. The number of pyridine rings is 1. The molecule has 4 heteroatoms. The molecule has 3 nitrogen and oxygen atoms in total. The Balaban J connectivity index is 1.85. The van der Waals surface area contributed by atoms with Crippen molar-refractivity contribution >= 4 is 17.1 Å². The standard InChI is InChI=1S/C15H19ClN2O/c16-13-7-6-12-9-17-10-18(12)15(13)14(19)8-11-4-2-1-3-5-11/h6-7,9-11,14,19H,1-5,8H2. The maximum Gasteiger partial charge on any atom is 0.0995 e. The highest BCUT2D eigenvalue weighted by Gasteiger charge is 2.22. The van der Waals surface area contributed by atoms with E-state index in [-0.39, 0.29) is 0 Å². The lowest BCUT2D eigenvalue weighted by Crippen LogP contribution is -2.13. The summed E-state index contributed by atoms with van der Waals surface area (Å²) >= 11 is 6.26. The highest BCUT2D eigenvalue weighted by molar-refractivity contribution is 6.31. The van der Waals surface area contributed by atoms with Gasteiger partial charge < -0.3 is 5.11 Å². The molecule has 0 spiro atoms. The van der Waals surface area contributed by atoms with Crippen LogP contribution in [0.2, 0.25) is 5.02 Å². The predicted molar refractivity (Wildman–Crippen MR) is 76.4 cm³/mol. The van der Waals surface area contributed by atoms with Crippen molar-refractivity contribution in [2.24, 2.45) is 5.92 Å². The molecule has 0 saturated heterocycles. The zero-order valence-corrected chi connectivity index (χ0v) is 11.7. The van der Waals surface area contributed by atoms with Crippen molar-refractivity contribution < 1.29 is 5.11 Å². The molecule has 0 bridgehead atoms. The summed E-state index contributed by atoms with van der Waals surface area (Å²) in [5.74, 6) is 0.624. The second kappa shape index (κ2) is 5.51. The minimum absolute atomic E-state index is 0.506. The number of fused-ring (bicyclic) bond motifs is 1. The summed E-state index contributed by atoms with van der Waals surface area (Å²) < 4.78 is 1.90. The molecule has 1 aliphatic rings. The van der Waals surface area contributed by atoms with Crippen LogP contribution in [0.15, 0.2) is 24.7 Å². The number of imidazole rings is 1. The van der Waals surface area contributed by atoms with Crippen LogP contribution in [0.1, 0.15) is 50.3 Å². The van der Waals surface area contributed by atoms with E-state index in [2.05, 4.69) is 4.98 Å². The van der Waals surface area contributed by atoms with Gasteiger partial charge in [0.25, 0.3) is 0 Å².